The fourth-order valence-corrected chi connectivity index (χ4v) is 3.59. The van der Waals surface area contributed by atoms with Gasteiger partial charge in [-0.05, 0) is 36.8 Å². The number of carbonyl (C=O) groups is 2. The maximum atomic E-state index is 12.4. The second-order valence-corrected chi connectivity index (χ2v) is 6.93. The number of fused-ring (bicyclic) bond motifs is 1. The Kier molecular flexibility index (Phi) is 5.01. The first kappa shape index (κ1) is 17.4. The summed E-state index contributed by atoms with van der Waals surface area (Å²) in [6, 6.07) is 10.6. The van der Waals surface area contributed by atoms with Crippen LogP contribution in [0.5, 0.6) is 0 Å². The summed E-state index contributed by atoms with van der Waals surface area (Å²) in [4.78, 5) is 28.4. The average Bonchev–Trinajstić information content (AvgIpc) is 2.98. The lowest BCUT2D eigenvalue weighted by Gasteiger charge is -2.07. The molecule has 0 aliphatic carbocycles. The third kappa shape index (κ3) is 3.81. The number of amides is 2. The van der Waals surface area contributed by atoms with Crippen LogP contribution in [0.3, 0.4) is 0 Å². The number of anilines is 2. The number of nitrogens with one attached hydrogen (secondary N) is 2. The first-order valence-corrected chi connectivity index (χ1v) is 8.94. The predicted molar refractivity (Wildman–Crippen MR) is 103 cm³/mol. The van der Waals surface area contributed by atoms with Gasteiger partial charge in [0.2, 0.25) is 5.91 Å². The number of thiazole rings is 1. The summed E-state index contributed by atoms with van der Waals surface area (Å²) in [7, 11) is 0. The Labute approximate surface area is 154 Å². The molecule has 128 valence electrons. The van der Waals surface area contributed by atoms with Gasteiger partial charge in [0.25, 0.3) is 5.91 Å². The second-order valence-electron chi connectivity index (χ2n) is 5.49. The molecule has 3 rings (SSSR count). The van der Waals surface area contributed by atoms with E-state index in [1.165, 1.54) is 11.3 Å². The highest BCUT2D eigenvalue weighted by molar-refractivity contribution is 7.22. The van der Waals surface area contributed by atoms with Crippen molar-refractivity contribution >= 4 is 55.8 Å². The first-order valence-electron chi connectivity index (χ1n) is 7.75. The van der Waals surface area contributed by atoms with Crippen LogP contribution in [0.1, 0.15) is 29.3 Å². The Morgan fingerprint density at radius 1 is 1.20 bits per heavy atom. The van der Waals surface area contributed by atoms with Gasteiger partial charge in [-0.2, -0.15) is 0 Å². The van der Waals surface area contributed by atoms with Crippen molar-refractivity contribution < 1.29 is 9.59 Å². The maximum Gasteiger partial charge on any atom is 0.257 e. The topological polar surface area (TPSA) is 71.1 Å². The lowest BCUT2D eigenvalue weighted by atomic mass is 10.1. The number of nitrogens with zero attached hydrogens (tertiary/aromatic N) is 1. The van der Waals surface area contributed by atoms with E-state index in [9.17, 15) is 9.59 Å². The van der Waals surface area contributed by atoms with Crippen LogP contribution in [0, 0.1) is 6.92 Å². The van der Waals surface area contributed by atoms with Gasteiger partial charge in [0.05, 0.1) is 20.8 Å². The van der Waals surface area contributed by atoms with E-state index < -0.39 is 0 Å². The van der Waals surface area contributed by atoms with Crippen molar-refractivity contribution in [3.05, 3.63) is 52.5 Å². The third-order valence-corrected chi connectivity index (χ3v) is 4.88. The molecule has 0 unspecified atom stereocenters. The van der Waals surface area contributed by atoms with Crippen molar-refractivity contribution in [1.82, 2.24) is 4.98 Å². The molecule has 0 aliphatic heterocycles. The van der Waals surface area contributed by atoms with Crippen LogP contribution in [-0.2, 0) is 4.79 Å². The number of carbonyl (C=O) groups excluding carboxylic acids is 2. The van der Waals surface area contributed by atoms with Crippen molar-refractivity contribution in [2.45, 2.75) is 20.3 Å². The SMILES string of the molecule is CCC(=O)Nc1nc2c(C)cc(NC(=O)c3ccccc3Cl)cc2s1. The van der Waals surface area contributed by atoms with Crippen LogP contribution in [0.25, 0.3) is 10.2 Å². The fraction of sp³-hybridized carbons (Fsp3) is 0.167. The molecule has 0 radical (unpaired) electrons. The molecule has 0 spiro atoms. The van der Waals surface area contributed by atoms with Gasteiger partial charge in [0.1, 0.15) is 0 Å². The summed E-state index contributed by atoms with van der Waals surface area (Å²) in [5.74, 6) is -0.350. The van der Waals surface area contributed by atoms with Gasteiger partial charge in [-0.1, -0.05) is 42.0 Å². The van der Waals surface area contributed by atoms with E-state index in [1.54, 1.807) is 31.2 Å². The lowest BCUT2D eigenvalue weighted by Crippen LogP contribution is -2.12. The molecule has 0 aliphatic rings. The summed E-state index contributed by atoms with van der Waals surface area (Å²) in [6.07, 6.45) is 0.397. The van der Waals surface area contributed by atoms with Gasteiger partial charge in [-0.3, -0.25) is 9.59 Å². The van der Waals surface area contributed by atoms with Crippen LogP contribution >= 0.6 is 22.9 Å². The van der Waals surface area contributed by atoms with Gasteiger partial charge >= 0.3 is 0 Å². The maximum absolute atomic E-state index is 12.4. The van der Waals surface area contributed by atoms with E-state index in [1.807, 2.05) is 19.1 Å². The second kappa shape index (κ2) is 7.21. The fourth-order valence-electron chi connectivity index (χ4n) is 2.37. The van der Waals surface area contributed by atoms with Gasteiger partial charge in [0, 0.05) is 12.1 Å². The Hall–Kier alpha value is -2.44. The number of aryl methyl sites for hydroxylation is 1. The number of halogens is 1. The molecule has 2 aromatic carbocycles. The normalized spacial score (nSPS) is 10.7. The molecule has 2 amide bonds. The highest BCUT2D eigenvalue weighted by atomic mass is 35.5. The zero-order valence-electron chi connectivity index (χ0n) is 13.7. The molecular formula is C18H16ClN3O2S. The van der Waals surface area contributed by atoms with Crippen LogP contribution < -0.4 is 10.6 Å². The highest BCUT2D eigenvalue weighted by Crippen LogP contribution is 2.31. The van der Waals surface area contributed by atoms with Gasteiger partial charge in [0.15, 0.2) is 5.13 Å². The van der Waals surface area contributed by atoms with E-state index >= 15 is 0 Å². The van der Waals surface area contributed by atoms with Crippen LogP contribution in [0.4, 0.5) is 10.8 Å². The molecule has 0 saturated heterocycles. The molecule has 25 heavy (non-hydrogen) atoms. The first-order chi connectivity index (χ1) is 12.0. The minimum atomic E-state index is -0.270. The largest absolute Gasteiger partial charge is 0.322 e. The van der Waals surface area contributed by atoms with Gasteiger partial charge in [-0.25, -0.2) is 4.98 Å². The van der Waals surface area contributed by atoms with Crippen LogP contribution in [0.2, 0.25) is 5.02 Å². The standard InChI is InChI=1S/C18H16ClN3O2S/c1-3-15(23)21-18-22-16-10(2)8-11(9-14(16)25-18)20-17(24)12-6-4-5-7-13(12)19/h4-9H,3H2,1-2H3,(H,20,24)(H,21,22,23). The van der Waals surface area contributed by atoms with Gasteiger partial charge in [-0.15, -0.1) is 0 Å². The van der Waals surface area contributed by atoms with Crippen LogP contribution in [0.15, 0.2) is 36.4 Å². The van der Waals surface area contributed by atoms with Gasteiger partial charge < -0.3 is 10.6 Å². The third-order valence-electron chi connectivity index (χ3n) is 3.63. The molecular weight excluding hydrogens is 358 g/mol. The Balaban J connectivity index is 1.89. The summed E-state index contributed by atoms with van der Waals surface area (Å²) < 4.78 is 0.890. The summed E-state index contributed by atoms with van der Waals surface area (Å²) >= 11 is 7.44. The smallest absolute Gasteiger partial charge is 0.257 e. The zero-order valence-corrected chi connectivity index (χ0v) is 15.3. The van der Waals surface area contributed by atoms with Crippen molar-refractivity contribution in [2.24, 2.45) is 0 Å². The minimum absolute atomic E-state index is 0.0797. The van der Waals surface area contributed by atoms with Crippen molar-refractivity contribution in [1.29, 1.82) is 0 Å². The lowest BCUT2D eigenvalue weighted by molar-refractivity contribution is -0.115. The Bertz CT molecular complexity index is 968. The van der Waals surface area contributed by atoms with E-state index in [2.05, 4.69) is 15.6 Å². The quantitative estimate of drug-likeness (QED) is 0.686. The number of rotatable bonds is 4. The summed E-state index contributed by atoms with van der Waals surface area (Å²) in [5, 5.41) is 6.58. The number of benzene rings is 2. The highest BCUT2D eigenvalue weighted by Gasteiger charge is 2.13. The monoisotopic (exact) mass is 373 g/mol. The predicted octanol–water partition coefficient (Wildman–Crippen LogP) is 4.86. The molecule has 0 fully saturated rings. The Morgan fingerprint density at radius 2 is 1.96 bits per heavy atom. The molecule has 3 aromatic rings. The minimum Gasteiger partial charge on any atom is -0.322 e. The van der Waals surface area contributed by atoms with Crippen molar-refractivity contribution in [3.8, 4) is 0 Å². The van der Waals surface area contributed by atoms with Crippen LogP contribution in [-0.4, -0.2) is 16.8 Å². The van der Waals surface area contributed by atoms with E-state index in [4.69, 9.17) is 11.6 Å². The number of aromatic nitrogens is 1. The molecule has 1 aromatic heterocycles. The molecule has 7 heteroatoms. The van der Waals surface area contributed by atoms with E-state index in [0.717, 1.165) is 15.8 Å². The molecule has 5 nitrogen and oxygen atoms in total. The molecule has 0 atom stereocenters. The molecule has 0 bridgehead atoms. The number of hydrogen-bond acceptors (Lipinski definition) is 4. The molecule has 1 heterocycles. The number of hydrogen-bond donors (Lipinski definition) is 2. The average molecular weight is 374 g/mol. The zero-order chi connectivity index (χ0) is 18.0. The van der Waals surface area contributed by atoms with Crippen molar-refractivity contribution in [3.63, 3.8) is 0 Å². The van der Waals surface area contributed by atoms with E-state index in [0.29, 0.717) is 27.8 Å². The summed E-state index contributed by atoms with van der Waals surface area (Å²) in [5.41, 5.74) is 2.81. The Morgan fingerprint density at radius 3 is 2.68 bits per heavy atom. The van der Waals surface area contributed by atoms with Crippen molar-refractivity contribution in [2.75, 3.05) is 10.6 Å². The molecule has 0 saturated carbocycles. The summed E-state index contributed by atoms with van der Waals surface area (Å²) in [6.45, 7) is 3.70. The van der Waals surface area contributed by atoms with E-state index in [-0.39, 0.29) is 11.8 Å². The molecule has 2 N–H and O–H groups in total.